The zero-order valence-corrected chi connectivity index (χ0v) is 11.6. The van der Waals surface area contributed by atoms with Crippen LogP contribution in [0.4, 0.5) is 5.69 Å². The Labute approximate surface area is 114 Å². The molecular weight excluding hydrogens is 264 g/mol. The minimum atomic E-state index is -3.75. The van der Waals surface area contributed by atoms with Gasteiger partial charge < -0.3 is 10.0 Å². The van der Waals surface area contributed by atoms with Crippen LogP contribution in [0.5, 0.6) is 0 Å². The molecule has 0 unspecified atom stereocenters. The van der Waals surface area contributed by atoms with Crippen molar-refractivity contribution in [1.29, 1.82) is 0 Å². The first kappa shape index (κ1) is 14.3. The Hall–Kier alpha value is -1.11. The van der Waals surface area contributed by atoms with Gasteiger partial charge in [-0.3, -0.25) is 0 Å². The topological polar surface area (TPSA) is 83.6 Å². The van der Waals surface area contributed by atoms with Gasteiger partial charge in [-0.2, -0.15) is 0 Å². The van der Waals surface area contributed by atoms with Crippen molar-refractivity contribution in [2.45, 2.75) is 36.6 Å². The van der Waals surface area contributed by atoms with Crippen molar-refractivity contribution in [3.63, 3.8) is 0 Å². The molecule has 0 radical (unpaired) electrons. The number of nitrogens with zero attached hydrogens (tertiary/aromatic N) is 1. The summed E-state index contributed by atoms with van der Waals surface area (Å²) in [6.07, 6.45) is 4.34. The molecule has 5 nitrogen and oxygen atoms in total. The molecule has 19 heavy (non-hydrogen) atoms. The van der Waals surface area contributed by atoms with E-state index in [4.69, 9.17) is 5.14 Å². The molecule has 0 bridgehead atoms. The van der Waals surface area contributed by atoms with Gasteiger partial charge in [0.15, 0.2) is 0 Å². The minimum Gasteiger partial charge on any atom is -0.395 e. The van der Waals surface area contributed by atoms with Gasteiger partial charge in [-0.15, -0.1) is 0 Å². The highest BCUT2D eigenvalue weighted by atomic mass is 32.2. The standard InChI is InChI=1S/C13H20N2O3S/c14-19(17,18)13-8-4-3-7-12(13)15(9-10-16)11-5-1-2-6-11/h3-4,7-8,11,16H,1-2,5-6,9-10H2,(H2,14,17,18). The Balaban J connectivity index is 2.41. The lowest BCUT2D eigenvalue weighted by molar-refractivity contribution is 0.297. The molecule has 3 N–H and O–H groups in total. The van der Waals surface area contributed by atoms with Crippen LogP contribution in [-0.2, 0) is 10.0 Å². The fraction of sp³-hybridized carbons (Fsp3) is 0.538. The summed E-state index contributed by atoms with van der Waals surface area (Å²) in [5, 5.41) is 14.5. The first-order valence-electron chi connectivity index (χ1n) is 6.53. The fourth-order valence-electron chi connectivity index (χ4n) is 2.76. The predicted molar refractivity (Wildman–Crippen MR) is 74.5 cm³/mol. The lowest BCUT2D eigenvalue weighted by Crippen LogP contribution is -2.37. The Morgan fingerprint density at radius 1 is 1.26 bits per heavy atom. The van der Waals surface area contributed by atoms with Crippen LogP contribution in [0.25, 0.3) is 0 Å². The van der Waals surface area contributed by atoms with E-state index in [9.17, 15) is 13.5 Å². The third kappa shape index (κ3) is 3.26. The molecule has 0 heterocycles. The van der Waals surface area contributed by atoms with Gasteiger partial charge in [-0.1, -0.05) is 25.0 Å². The maximum atomic E-state index is 11.7. The Bertz CT molecular complexity index is 524. The van der Waals surface area contributed by atoms with Crippen molar-refractivity contribution >= 4 is 15.7 Å². The van der Waals surface area contributed by atoms with Crippen LogP contribution in [0.1, 0.15) is 25.7 Å². The van der Waals surface area contributed by atoms with Crippen LogP contribution >= 0.6 is 0 Å². The van der Waals surface area contributed by atoms with Crippen molar-refractivity contribution < 1.29 is 13.5 Å². The molecule has 2 rings (SSSR count). The highest BCUT2D eigenvalue weighted by Crippen LogP contribution is 2.31. The average molecular weight is 284 g/mol. The predicted octanol–water partition coefficient (Wildman–Crippen LogP) is 1.08. The molecule has 0 spiro atoms. The first-order valence-corrected chi connectivity index (χ1v) is 8.08. The fourth-order valence-corrected chi connectivity index (χ4v) is 3.50. The Kier molecular flexibility index (Phi) is 4.44. The molecular formula is C13H20N2O3S. The largest absolute Gasteiger partial charge is 0.395 e. The first-order chi connectivity index (χ1) is 9.04. The molecule has 1 aromatic carbocycles. The van der Waals surface area contributed by atoms with E-state index in [1.165, 1.54) is 6.07 Å². The number of anilines is 1. The third-order valence-corrected chi connectivity index (χ3v) is 4.55. The van der Waals surface area contributed by atoms with Crippen LogP contribution in [-0.4, -0.2) is 32.7 Å². The van der Waals surface area contributed by atoms with Crippen molar-refractivity contribution in [2.75, 3.05) is 18.1 Å². The highest BCUT2D eigenvalue weighted by Gasteiger charge is 2.26. The maximum Gasteiger partial charge on any atom is 0.240 e. The van der Waals surface area contributed by atoms with Gasteiger partial charge in [0.2, 0.25) is 10.0 Å². The van der Waals surface area contributed by atoms with Gasteiger partial charge in [-0.05, 0) is 25.0 Å². The van der Waals surface area contributed by atoms with Gasteiger partial charge in [0.05, 0.1) is 12.3 Å². The summed E-state index contributed by atoms with van der Waals surface area (Å²) in [5.41, 5.74) is 0.603. The van der Waals surface area contributed by atoms with Gasteiger partial charge in [0.1, 0.15) is 4.90 Å². The van der Waals surface area contributed by atoms with Gasteiger partial charge in [0, 0.05) is 12.6 Å². The molecule has 0 aliphatic heterocycles. The normalized spacial score (nSPS) is 16.7. The minimum absolute atomic E-state index is 0.00451. The van der Waals surface area contributed by atoms with Gasteiger partial charge in [-0.25, -0.2) is 13.6 Å². The molecule has 0 saturated heterocycles. The summed E-state index contributed by atoms with van der Waals surface area (Å²) >= 11 is 0. The summed E-state index contributed by atoms with van der Waals surface area (Å²) in [7, 11) is -3.75. The number of hydrogen-bond donors (Lipinski definition) is 2. The van der Waals surface area contributed by atoms with E-state index < -0.39 is 10.0 Å². The number of aliphatic hydroxyl groups is 1. The van der Waals surface area contributed by atoms with E-state index in [0.29, 0.717) is 12.2 Å². The molecule has 1 aliphatic rings. The van der Waals surface area contributed by atoms with Crippen LogP contribution in [0.3, 0.4) is 0 Å². The quantitative estimate of drug-likeness (QED) is 0.847. The Morgan fingerprint density at radius 3 is 2.47 bits per heavy atom. The molecule has 1 aromatic rings. The Morgan fingerprint density at radius 2 is 1.89 bits per heavy atom. The lowest BCUT2D eigenvalue weighted by Gasteiger charge is -2.31. The van der Waals surface area contributed by atoms with Crippen molar-refractivity contribution in [1.82, 2.24) is 0 Å². The number of aliphatic hydroxyl groups excluding tert-OH is 1. The zero-order valence-electron chi connectivity index (χ0n) is 10.8. The molecule has 1 fully saturated rings. The SMILES string of the molecule is NS(=O)(=O)c1ccccc1N(CCO)C1CCCC1. The second-order valence-electron chi connectivity index (χ2n) is 4.87. The number of hydrogen-bond acceptors (Lipinski definition) is 4. The van der Waals surface area contributed by atoms with Crippen LogP contribution in [0, 0.1) is 0 Å². The van der Waals surface area contributed by atoms with Crippen molar-refractivity contribution in [3.05, 3.63) is 24.3 Å². The van der Waals surface area contributed by atoms with Gasteiger partial charge in [0.25, 0.3) is 0 Å². The van der Waals surface area contributed by atoms with E-state index >= 15 is 0 Å². The maximum absolute atomic E-state index is 11.7. The number of rotatable bonds is 5. The summed E-state index contributed by atoms with van der Waals surface area (Å²) in [4.78, 5) is 2.11. The summed E-state index contributed by atoms with van der Waals surface area (Å²) in [6.45, 7) is 0.423. The third-order valence-electron chi connectivity index (χ3n) is 3.59. The molecule has 1 aliphatic carbocycles. The summed E-state index contributed by atoms with van der Waals surface area (Å²) in [6, 6.07) is 7.02. The van der Waals surface area contributed by atoms with E-state index in [2.05, 4.69) is 0 Å². The van der Waals surface area contributed by atoms with Crippen LogP contribution in [0.15, 0.2) is 29.2 Å². The zero-order chi connectivity index (χ0) is 13.9. The summed E-state index contributed by atoms with van der Waals surface area (Å²) < 4.78 is 23.3. The van der Waals surface area contributed by atoms with Gasteiger partial charge >= 0.3 is 0 Å². The van der Waals surface area contributed by atoms with E-state index in [1.54, 1.807) is 18.2 Å². The number of benzene rings is 1. The van der Waals surface area contributed by atoms with Crippen molar-refractivity contribution in [2.24, 2.45) is 5.14 Å². The second-order valence-corrected chi connectivity index (χ2v) is 6.40. The highest BCUT2D eigenvalue weighted by molar-refractivity contribution is 7.89. The number of nitrogens with two attached hydrogens (primary N) is 1. The smallest absolute Gasteiger partial charge is 0.240 e. The van der Waals surface area contributed by atoms with E-state index in [0.717, 1.165) is 25.7 Å². The molecule has 6 heteroatoms. The van der Waals surface area contributed by atoms with Crippen molar-refractivity contribution in [3.8, 4) is 0 Å². The number of para-hydroxylation sites is 1. The van der Waals surface area contributed by atoms with E-state index in [1.807, 2.05) is 4.90 Å². The number of primary sulfonamides is 1. The monoisotopic (exact) mass is 284 g/mol. The van der Waals surface area contributed by atoms with E-state index in [-0.39, 0.29) is 17.5 Å². The molecule has 0 atom stereocenters. The molecule has 0 amide bonds. The molecule has 106 valence electrons. The second kappa shape index (κ2) is 5.90. The average Bonchev–Trinajstić information content (AvgIpc) is 2.88. The molecule has 1 saturated carbocycles. The molecule has 0 aromatic heterocycles. The number of sulfonamides is 1. The van der Waals surface area contributed by atoms with Crippen LogP contribution < -0.4 is 10.0 Å². The van der Waals surface area contributed by atoms with Crippen LogP contribution in [0.2, 0.25) is 0 Å². The lowest BCUT2D eigenvalue weighted by atomic mass is 10.1. The summed E-state index contributed by atoms with van der Waals surface area (Å²) in [5.74, 6) is 0.